The molecule has 1 amide bonds. The van der Waals surface area contributed by atoms with Crippen molar-refractivity contribution in [2.24, 2.45) is 0 Å². The van der Waals surface area contributed by atoms with Crippen LogP contribution in [0.1, 0.15) is 42.5 Å². The highest BCUT2D eigenvalue weighted by atomic mass is 16.5. The minimum atomic E-state index is -0.0942. The van der Waals surface area contributed by atoms with Gasteiger partial charge < -0.3 is 9.64 Å². The van der Waals surface area contributed by atoms with Gasteiger partial charge in [-0.05, 0) is 45.9 Å². The van der Waals surface area contributed by atoms with Gasteiger partial charge in [-0.3, -0.25) is 9.78 Å². The predicted octanol–water partition coefficient (Wildman–Crippen LogP) is 2.82. The summed E-state index contributed by atoms with van der Waals surface area (Å²) in [4.78, 5) is 19.3. The molecule has 146 valence electrons. The number of carbonyl (C=O) groups excluding carboxylic acids is 1. The first-order valence-electron chi connectivity index (χ1n) is 9.23. The largest absolute Gasteiger partial charge is 0.477 e. The average molecular weight is 380 g/mol. The molecule has 0 aliphatic carbocycles. The molecule has 0 bridgehead atoms. The van der Waals surface area contributed by atoms with Gasteiger partial charge in [-0.1, -0.05) is 6.07 Å². The van der Waals surface area contributed by atoms with Crippen molar-refractivity contribution in [1.29, 1.82) is 0 Å². The van der Waals surface area contributed by atoms with Crippen molar-refractivity contribution in [3.05, 3.63) is 59.7 Å². The first-order valence-corrected chi connectivity index (χ1v) is 9.23. The summed E-state index contributed by atoms with van der Waals surface area (Å²) in [5.41, 5.74) is 2.07. The van der Waals surface area contributed by atoms with Crippen LogP contribution in [0.3, 0.4) is 0 Å². The van der Waals surface area contributed by atoms with Crippen LogP contribution >= 0.6 is 0 Å². The summed E-state index contributed by atoms with van der Waals surface area (Å²) in [6.45, 7) is 8.66. The summed E-state index contributed by atoms with van der Waals surface area (Å²) in [6, 6.07) is 9.20. The fraction of sp³-hybridized carbons (Fsp3) is 0.350. The van der Waals surface area contributed by atoms with Gasteiger partial charge in [0, 0.05) is 18.3 Å². The third kappa shape index (κ3) is 4.16. The number of amides is 1. The number of aromatic nitrogens is 5. The van der Waals surface area contributed by atoms with E-state index in [9.17, 15) is 4.79 Å². The Labute approximate surface area is 164 Å². The van der Waals surface area contributed by atoms with Crippen LogP contribution in [0.4, 0.5) is 0 Å². The maximum atomic E-state index is 13.2. The number of ether oxygens (including phenoxy) is 1. The van der Waals surface area contributed by atoms with Crippen molar-refractivity contribution in [1.82, 2.24) is 29.9 Å². The highest BCUT2D eigenvalue weighted by molar-refractivity contribution is 5.95. The van der Waals surface area contributed by atoms with Crippen molar-refractivity contribution in [3.63, 3.8) is 0 Å². The third-order valence-corrected chi connectivity index (χ3v) is 4.32. The van der Waals surface area contributed by atoms with Gasteiger partial charge in [0.25, 0.3) is 5.91 Å². The highest BCUT2D eigenvalue weighted by Gasteiger charge is 2.24. The molecule has 0 N–H and O–H groups in total. The van der Waals surface area contributed by atoms with E-state index in [2.05, 4.69) is 20.3 Å². The monoisotopic (exact) mass is 380 g/mol. The Bertz CT molecular complexity index is 922. The van der Waals surface area contributed by atoms with E-state index in [0.717, 1.165) is 5.69 Å². The Balaban J connectivity index is 1.85. The smallest absolute Gasteiger partial charge is 0.257 e. The van der Waals surface area contributed by atoms with Crippen molar-refractivity contribution in [2.45, 2.75) is 40.3 Å². The summed E-state index contributed by atoms with van der Waals surface area (Å²) >= 11 is 0. The second-order valence-electron chi connectivity index (χ2n) is 6.57. The van der Waals surface area contributed by atoms with Gasteiger partial charge in [0.15, 0.2) is 5.82 Å². The predicted molar refractivity (Wildman–Crippen MR) is 104 cm³/mol. The van der Waals surface area contributed by atoms with E-state index in [1.807, 2.05) is 45.9 Å². The summed E-state index contributed by atoms with van der Waals surface area (Å²) < 4.78 is 6.92. The lowest BCUT2D eigenvalue weighted by molar-refractivity contribution is 0.0687. The van der Waals surface area contributed by atoms with Crippen LogP contribution in [0, 0.1) is 6.92 Å². The Morgan fingerprint density at radius 3 is 2.64 bits per heavy atom. The standard InChI is InChI=1S/C20H24N6O2/c1-5-28-19-10-9-18(23-24-19)26-15(4)17(12-22-26)20(27)25(14(2)3)13-16-8-6-7-11-21-16/h6-12,14H,5,13H2,1-4H3. The minimum Gasteiger partial charge on any atom is -0.477 e. The van der Waals surface area contributed by atoms with Crippen LogP contribution in [-0.2, 0) is 6.54 Å². The molecule has 0 saturated carbocycles. The third-order valence-electron chi connectivity index (χ3n) is 4.32. The molecule has 0 aliphatic heterocycles. The van der Waals surface area contributed by atoms with Crippen molar-refractivity contribution >= 4 is 5.91 Å². The molecule has 0 aliphatic rings. The Morgan fingerprint density at radius 1 is 1.21 bits per heavy atom. The number of hydrogen-bond donors (Lipinski definition) is 0. The zero-order valence-electron chi connectivity index (χ0n) is 16.5. The second-order valence-corrected chi connectivity index (χ2v) is 6.57. The lowest BCUT2D eigenvalue weighted by Crippen LogP contribution is -2.36. The molecule has 3 aromatic rings. The summed E-state index contributed by atoms with van der Waals surface area (Å²) in [5.74, 6) is 0.887. The second kappa shape index (κ2) is 8.60. The Kier molecular flexibility index (Phi) is 5.98. The van der Waals surface area contributed by atoms with Crippen LogP contribution in [0.5, 0.6) is 5.88 Å². The van der Waals surface area contributed by atoms with Crippen LogP contribution in [0.15, 0.2) is 42.7 Å². The lowest BCUT2D eigenvalue weighted by atomic mass is 10.2. The normalized spacial score (nSPS) is 10.9. The molecule has 0 spiro atoms. The molecule has 0 unspecified atom stereocenters. The lowest BCUT2D eigenvalue weighted by Gasteiger charge is -2.26. The van der Waals surface area contributed by atoms with E-state index in [4.69, 9.17) is 4.74 Å². The number of hydrogen-bond acceptors (Lipinski definition) is 6. The zero-order valence-corrected chi connectivity index (χ0v) is 16.5. The van der Waals surface area contributed by atoms with Gasteiger partial charge in [-0.25, -0.2) is 4.68 Å². The Morgan fingerprint density at radius 2 is 2.04 bits per heavy atom. The number of nitrogens with zero attached hydrogens (tertiary/aromatic N) is 6. The molecule has 8 nitrogen and oxygen atoms in total. The van der Waals surface area contributed by atoms with E-state index in [1.54, 1.807) is 34.1 Å². The van der Waals surface area contributed by atoms with Gasteiger partial charge in [-0.15, -0.1) is 10.2 Å². The maximum Gasteiger partial charge on any atom is 0.257 e. The first kappa shape index (κ1) is 19.5. The molecule has 3 aromatic heterocycles. The van der Waals surface area contributed by atoms with Crippen LogP contribution in [0.25, 0.3) is 5.82 Å². The number of pyridine rings is 1. The molecule has 0 radical (unpaired) electrons. The molecule has 3 rings (SSSR count). The van der Waals surface area contributed by atoms with Gasteiger partial charge in [0.1, 0.15) is 0 Å². The molecule has 0 saturated heterocycles. The van der Waals surface area contributed by atoms with Crippen molar-refractivity contribution in [3.8, 4) is 11.7 Å². The molecule has 0 atom stereocenters. The van der Waals surface area contributed by atoms with Crippen LogP contribution < -0.4 is 4.74 Å². The molecular weight excluding hydrogens is 356 g/mol. The van der Waals surface area contributed by atoms with Gasteiger partial charge in [0.2, 0.25) is 5.88 Å². The SMILES string of the molecule is CCOc1ccc(-n2ncc(C(=O)N(Cc3ccccn3)C(C)C)c2C)nn1. The number of carbonyl (C=O) groups is 1. The average Bonchev–Trinajstić information content (AvgIpc) is 3.08. The van der Waals surface area contributed by atoms with E-state index in [1.165, 1.54) is 0 Å². The van der Waals surface area contributed by atoms with Crippen LogP contribution in [0.2, 0.25) is 0 Å². The molecule has 0 fully saturated rings. The van der Waals surface area contributed by atoms with E-state index >= 15 is 0 Å². The topological polar surface area (TPSA) is 86.0 Å². The molecule has 8 heteroatoms. The quantitative estimate of drug-likeness (QED) is 0.626. The number of rotatable bonds is 7. The summed E-state index contributed by atoms with van der Waals surface area (Å²) in [7, 11) is 0. The van der Waals surface area contributed by atoms with Gasteiger partial charge in [-0.2, -0.15) is 5.10 Å². The summed E-state index contributed by atoms with van der Waals surface area (Å²) in [6.07, 6.45) is 3.30. The molecule has 28 heavy (non-hydrogen) atoms. The fourth-order valence-corrected chi connectivity index (χ4v) is 2.81. The van der Waals surface area contributed by atoms with Crippen molar-refractivity contribution < 1.29 is 9.53 Å². The van der Waals surface area contributed by atoms with Crippen molar-refractivity contribution in [2.75, 3.05) is 6.61 Å². The molecule has 0 aromatic carbocycles. The van der Waals surface area contributed by atoms with Crippen LogP contribution in [-0.4, -0.2) is 48.4 Å². The molecular formula is C20H24N6O2. The highest BCUT2D eigenvalue weighted by Crippen LogP contribution is 2.18. The Hall–Kier alpha value is -3.29. The van der Waals surface area contributed by atoms with Gasteiger partial charge in [0.05, 0.1) is 36.3 Å². The molecule has 3 heterocycles. The zero-order chi connectivity index (χ0) is 20.1. The van der Waals surface area contributed by atoms with Gasteiger partial charge >= 0.3 is 0 Å². The minimum absolute atomic E-state index is 0.0162. The first-order chi connectivity index (χ1) is 13.5. The van der Waals surface area contributed by atoms with E-state index in [0.29, 0.717) is 36.1 Å². The maximum absolute atomic E-state index is 13.2. The summed E-state index contributed by atoms with van der Waals surface area (Å²) in [5, 5.41) is 12.5. The fourth-order valence-electron chi connectivity index (χ4n) is 2.81. The van der Waals surface area contributed by atoms with E-state index in [-0.39, 0.29) is 11.9 Å². The van der Waals surface area contributed by atoms with E-state index < -0.39 is 0 Å².